The molecule has 9 heteroatoms. The maximum atomic E-state index is 13.1. The van der Waals surface area contributed by atoms with Crippen LogP contribution in [-0.2, 0) is 10.3 Å². The van der Waals surface area contributed by atoms with Crippen molar-refractivity contribution in [1.82, 2.24) is 9.88 Å². The Balaban J connectivity index is 1.89. The fourth-order valence-electron chi connectivity index (χ4n) is 3.17. The summed E-state index contributed by atoms with van der Waals surface area (Å²) >= 11 is 4.82. The van der Waals surface area contributed by atoms with E-state index in [4.69, 9.17) is 15.2 Å². The Morgan fingerprint density at radius 2 is 2.16 bits per heavy atom. The number of fused-ring (bicyclic) bond motifs is 1. The van der Waals surface area contributed by atoms with Gasteiger partial charge in [0, 0.05) is 13.2 Å². The molecule has 2 aromatic rings. The number of guanidine groups is 1. The highest BCUT2D eigenvalue weighted by Gasteiger charge is 2.48. The number of benzene rings is 1. The molecule has 2 aliphatic heterocycles. The first kappa shape index (κ1) is 16.3. The number of ether oxygens (including phenoxy) is 2. The van der Waals surface area contributed by atoms with E-state index in [1.165, 1.54) is 16.2 Å². The van der Waals surface area contributed by atoms with Gasteiger partial charge in [-0.1, -0.05) is 6.07 Å². The number of thiazole rings is 1. The van der Waals surface area contributed by atoms with Gasteiger partial charge in [-0.25, -0.2) is 9.98 Å². The van der Waals surface area contributed by atoms with Crippen molar-refractivity contribution < 1.29 is 14.3 Å². The van der Waals surface area contributed by atoms with Crippen LogP contribution >= 0.6 is 27.3 Å². The molecule has 0 spiro atoms. The Morgan fingerprint density at radius 3 is 2.88 bits per heavy atom. The maximum Gasteiger partial charge on any atom is 0.239 e. The summed E-state index contributed by atoms with van der Waals surface area (Å²) in [5, 5.41) is 0. The second-order valence-corrected chi connectivity index (χ2v) is 8.34. The molecule has 0 unspecified atom stereocenters. The molecule has 2 atom stereocenters. The first-order valence-electron chi connectivity index (χ1n) is 7.54. The van der Waals surface area contributed by atoms with Crippen molar-refractivity contribution in [2.45, 2.75) is 18.4 Å². The van der Waals surface area contributed by atoms with E-state index in [9.17, 15) is 4.79 Å². The first-order chi connectivity index (χ1) is 11.9. The van der Waals surface area contributed by atoms with Crippen molar-refractivity contribution in [3.05, 3.63) is 38.8 Å². The van der Waals surface area contributed by atoms with E-state index in [0.717, 1.165) is 14.4 Å². The SMILES string of the molecule is CN1C(=O)[C@H](c2ccc3c(c2)OCO3)[C@@](C)(c2cnc(Br)s2)N=C1N. The summed E-state index contributed by atoms with van der Waals surface area (Å²) in [7, 11) is 1.63. The van der Waals surface area contributed by atoms with Crippen LogP contribution in [0, 0.1) is 0 Å². The molecule has 0 saturated carbocycles. The van der Waals surface area contributed by atoms with Gasteiger partial charge in [-0.05, 0) is 40.5 Å². The summed E-state index contributed by atoms with van der Waals surface area (Å²) in [5.41, 5.74) is 5.94. The van der Waals surface area contributed by atoms with Gasteiger partial charge in [-0.2, -0.15) is 0 Å². The number of carbonyl (C=O) groups is 1. The Labute approximate surface area is 156 Å². The fraction of sp³-hybridized carbons (Fsp3) is 0.312. The summed E-state index contributed by atoms with van der Waals surface area (Å²) in [6.45, 7) is 2.08. The van der Waals surface area contributed by atoms with Crippen LogP contribution < -0.4 is 15.2 Å². The van der Waals surface area contributed by atoms with Gasteiger partial charge in [0.15, 0.2) is 21.4 Å². The van der Waals surface area contributed by atoms with E-state index in [-0.39, 0.29) is 18.7 Å². The lowest BCUT2D eigenvalue weighted by atomic mass is 9.78. The number of aliphatic imine (C=N–C) groups is 1. The zero-order valence-corrected chi connectivity index (χ0v) is 15.9. The van der Waals surface area contributed by atoms with Crippen molar-refractivity contribution in [2.24, 2.45) is 10.7 Å². The Hall–Kier alpha value is -2.13. The van der Waals surface area contributed by atoms with Crippen molar-refractivity contribution in [3.63, 3.8) is 0 Å². The zero-order valence-electron chi connectivity index (χ0n) is 13.5. The van der Waals surface area contributed by atoms with Crippen LogP contribution in [0.5, 0.6) is 11.5 Å². The van der Waals surface area contributed by atoms with Crippen molar-refractivity contribution in [1.29, 1.82) is 0 Å². The largest absolute Gasteiger partial charge is 0.454 e. The van der Waals surface area contributed by atoms with Crippen molar-refractivity contribution in [2.75, 3.05) is 13.8 Å². The van der Waals surface area contributed by atoms with Gasteiger partial charge in [0.05, 0.1) is 10.8 Å². The lowest BCUT2D eigenvalue weighted by molar-refractivity contribution is -0.130. The van der Waals surface area contributed by atoms with E-state index in [1.807, 2.05) is 25.1 Å². The summed E-state index contributed by atoms with van der Waals surface area (Å²) in [6.07, 6.45) is 1.73. The molecule has 1 amide bonds. The Morgan fingerprint density at radius 1 is 1.40 bits per heavy atom. The van der Waals surface area contributed by atoms with E-state index in [2.05, 4.69) is 25.9 Å². The Kier molecular flexibility index (Phi) is 3.73. The van der Waals surface area contributed by atoms with E-state index >= 15 is 0 Å². The van der Waals surface area contributed by atoms with Gasteiger partial charge in [-0.3, -0.25) is 9.69 Å². The fourth-order valence-corrected chi connectivity index (χ4v) is 4.56. The van der Waals surface area contributed by atoms with Crippen LogP contribution in [-0.4, -0.2) is 35.6 Å². The number of aromatic nitrogens is 1. The molecule has 0 aliphatic carbocycles. The number of nitrogens with two attached hydrogens (primary N) is 1. The van der Waals surface area contributed by atoms with E-state index < -0.39 is 11.5 Å². The molecular weight excluding hydrogens is 408 g/mol. The van der Waals surface area contributed by atoms with Crippen LogP contribution in [0.15, 0.2) is 33.3 Å². The average Bonchev–Trinajstić information content (AvgIpc) is 3.21. The molecule has 1 aromatic heterocycles. The van der Waals surface area contributed by atoms with Crippen LogP contribution in [0.2, 0.25) is 0 Å². The summed E-state index contributed by atoms with van der Waals surface area (Å²) in [4.78, 5) is 24.2. The number of rotatable bonds is 2. The van der Waals surface area contributed by atoms with Gasteiger partial charge >= 0.3 is 0 Å². The first-order valence-corrected chi connectivity index (χ1v) is 9.15. The molecule has 1 aromatic carbocycles. The average molecular weight is 423 g/mol. The lowest BCUT2D eigenvalue weighted by Crippen LogP contribution is -2.52. The number of hydrogen-bond acceptors (Lipinski definition) is 7. The van der Waals surface area contributed by atoms with E-state index in [1.54, 1.807) is 13.2 Å². The van der Waals surface area contributed by atoms with Gasteiger partial charge in [0.1, 0.15) is 5.54 Å². The van der Waals surface area contributed by atoms with E-state index in [0.29, 0.717) is 11.5 Å². The zero-order chi connectivity index (χ0) is 17.8. The standard InChI is InChI=1S/C16H15BrN4O3S/c1-16(11-6-19-14(17)25-11)12(13(22)21(2)15(18)20-16)8-3-4-9-10(5-8)24-7-23-9/h3-6,12H,7H2,1-2H3,(H2,18,20)/t12-,16+/m0/s1. The number of nitrogens with zero attached hydrogens (tertiary/aromatic N) is 3. The van der Waals surface area contributed by atoms with Gasteiger partial charge in [0.25, 0.3) is 0 Å². The van der Waals surface area contributed by atoms with Gasteiger partial charge < -0.3 is 15.2 Å². The number of halogens is 1. The normalized spacial score (nSPS) is 25.2. The maximum absolute atomic E-state index is 13.1. The number of amides is 1. The second-order valence-electron chi connectivity index (χ2n) is 6.04. The lowest BCUT2D eigenvalue weighted by Gasteiger charge is -2.39. The van der Waals surface area contributed by atoms with Crippen LogP contribution in [0.4, 0.5) is 0 Å². The minimum atomic E-state index is -0.856. The van der Waals surface area contributed by atoms with Crippen LogP contribution in [0.1, 0.15) is 23.3 Å². The quantitative estimate of drug-likeness (QED) is 0.802. The molecule has 2 N–H and O–H groups in total. The predicted octanol–water partition coefficient (Wildman–Crippen LogP) is 2.42. The molecule has 4 rings (SSSR count). The van der Waals surface area contributed by atoms with Crippen LogP contribution in [0.25, 0.3) is 0 Å². The highest BCUT2D eigenvalue weighted by Crippen LogP contribution is 2.47. The number of carbonyl (C=O) groups excluding carboxylic acids is 1. The molecule has 3 heterocycles. The summed E-state index contributed by atoms with van der Waals surface area (Å²) in [5.74, 6) is 0.813. The highest BCUT2D eigenvalue weighted by atomic mass is 79.9. The smallest absolute Gasteiger partial charge is 0.239 e. The third-order valence-corrected chi connectivity index (χ3v) is 6.24. The Bertz CT molecular complexity index is 899. The number of hydrogen-bond donors (Lipinski definition) is 1. The monoisotopic (exact) mass is 422 g/mol. The molecule has 0 saturated heterocycles. The van der Waals surface area contributed by atoms with Crippen molar-refractivity contribution in [3.8, 4) is 11.5 Å². The molecule has 25 heavy (non-hydrogen) atoms. The van der Waals surface area contributed by atoms with Crippen molar-refractivity contribution >= 4 is 39.1 Å². The summed E-state index contributed by atoms with van der Waals surface area (Å²) in [6, 6.07) is 5.52. The summed E-state index contributed by atoms with van der Waals surface area (Å²) < 4.78 is 11.6. The molecule has 0 fully saturated rings. The highest BCUT2D eigenvalue weighted by molar-refractivity contribution is 9.11. The van der Waals surface area contributed by atoms with Crippen LogP contribution in [0.3, 0.4) is 0 Å². The molecule has 130 valence electrons. The minimum Gasteiger partial charge on any atom is -0.454 e. The van der Waals surface area contributed by atoms with Gasteiger partial charge in [-0.15, -0.1) is 11.3 Å². The van der Waals surface area contributed by atoms with Gasteiger partial charge in [0.2, 0.25) is 12.7 Å². The molecule has 0 bridgehead atoms. The molecule has 7 nitrogen and oxygen atoms in total. The molecular formula is C16H15BrN4O3S. The predicted molar refractivity (Wildman–Crippen MR) is 96.9 cm³/mol. The third-order valence-electron chi connectivity index (χ3n) is 4.54. The third kappa shape index (κ3) is 2.49. The minimum absolute atomic E-state index is 0.126. The number of likely N-dealkylation sites (N-methyl/N-ethyl adjacent to an activating group) is 1. The second kappa shape index (κ2) is 5.70. The molecule has 2 aliphatic rings. The molecule has 0 radical (unpaired) electrons. The topological polar surface area (TPSA) is 90.0 Å².